The molecule has 10 heteroatoms. The zero-order valence-corrected chi connectivity index (χ0v) is 22.4. The Morgan fingerprint density at radius 2 is 1.71 bits per heavy atom. The molecule has 2 aromatic carbocycles. The van der Waals surface area contributed by atoms with Crippen molar-refractivity contribution in [3.05, 3.63) is 63.1 Å². The quantitative estimate of drug-likeness (QED) is 0.498. The first-order valence-corrected chi connectivity index (χ1v) is 13.5. The Morgan fingerprint density at radius 3 is 2.26 bits per heavy atom. The molecular weight excluding hydrogens is 497 g/mol. The van der Waals surface area contributed by atoms with Crippen molar-refractivity contribution in [1.82, 2.24) is 10.2 Å². The predicted octanol–water partition coefficient (Wildman–Crippen LogP) is 4.32. The van der Waals surface area contributed by atoms with E-state index in [1.54, 1.807) is 31.2 Å². The highest BCUT2D eigenvalue weighted by atomic mass is 35.5. The number of carbonyl (C=O) groups excluding carboxylic acids is 2. The molecule has 0 heterocycles. The fourth-order valence-corrected chi connectivity index (χ4v) is 4.79. The van der Waals surface area contributed by atoms with Crippen LogP contribution in [-0.2, 0) is 26.2 Å². The number of hydrogen-bond donors (Lipinski definition) is 1. The van der Waals surface area contributed by atoms with Crippen molar-refractivity contribution in [2.45, 2.75) is 46.2 Å². The second-order valence-electron chi connectivity index (χ2n) is 8.27. The van der Waals surface area contributed by atoms with Gasteiger partial charge in [-0.3, -0.25) is 13.9 Å². The molecule has 0 bridgehead atoms. The minimum Gasteiger partial charge on any atom is -0.357 e. The van der Waals surface area contributed by atoms with Gasteiger partial charge in [-0.1, -0.05) is 35.3 Å². The Morgan fingerprint density at radius 1 is 1.03 bits per heavy atom. The van der Waals surface area contributed by atoms with Crippen molar-refractivity contribution in [2.24, 2.45) is 0 Å². The van der Waals surface area contributed by atoms with E-state index in [2.05, 4.69) is 5.32 Å². The van der Waals surface area contributed by atoms with Crippen molar-refractivity contribution in [2.75, 3.05) is 24.2 Å². The normalized spacial score (nSPS) is 12.2. The summed E-state index contributed by atoms with van der Waals surface area (Å²) >= 11 is 12.1. The van der Waals surface area contributed by atoms with Crippen LogP contribution in [-0.4, -0.2) is 51.0 Å². The molecule has 0 saturated heterocycles. The number of nitrogens with one attached hydrogen (secondary N) is 1. The van der Waals surface area contributed by atoms with Crippen LogP contribution >= 0.6 is 23.2 Å². The molecule has 0 unspecified atom stereocenters. The topological polar surface area (TPSA) is 86.8 Å². The molecule has 0 saturated carbocycles. The first-order chi connectivity index (χ1) is 15.8. The maximum Gasteiger partial charge on any atom is 0.242 e. The first kappa shape index (κ1) is 28.0. The molecule has 1 N–H and O–H groups in total. The number of aryl methyl sites for hydroxylation is 2. The van der Waals surface area contributed by atoms with Crippen LogP contribution in [0.4, 0.5) is 5.69 Å². The van der Waals surface area contributed by atoms with Crippen LogP contribution in [0.5, 0.6) is 0 Å². The zero-order valence-electron chi connectivity index (χ0n) is 20.1. The number of amides is 2. The van der Waals surface area contributed by atoms with Crippen LogP contribution in [0.1, 0.15) is 36.5 Å². The lowest BCUT2D eigenvalue weighted by Crippen LogP contribution is -2.46. The van der Waals surface area contributed by atoms with Gasteiger partial charge in [-0.2, -0.15) is 0 Å². The third-order valence-corrected chi connectivity index (χ3v) is 7.61. The van der Waals surface area contributed by atoms with Gasteiger partial charge in [0.1, 0.15) is 6.04 Å². The van der Waals surface area contributed by atoms with Gasteiger partial charge in [-0.15, -0.1) is 0 Å². The van der Waals surface area contributed by atoms with Gasteiger partial charge < -0.3 is 10.2 Å². The molecule has 0 aliphatic rings. The summed E-state index contributed by atoms with van der Waals surface area (Å²) in [6, 6.07) is 9.77. The molecule has 0 aromatic heterocycles. The minimum absolute atomic E-state index is 0.0690. The molecule has 186 valence electrons. The van der Waals surface area contributed by atoms with Crippen molar-refractivity contribution in [3.8, 4) is 0 Å². The van der Waals surface area contributed by atoms with Gasteiger partial charge in [0.2, 0.25) is 21.8 Å². The number of nitrogens with zero attached hydrogens (tertiary/aromatic N) is 2. The van der Waals surface area contributed by atoms with Gasteiger partial charge >= 0.3 is 0 Å². The predicted molar refractivity (Wildman–Crippen MR) is 138 cm³/mol. The lowest BCUT2D eigenvalue weighted by Gasteiger charge is -2.29. The zero-order chi connectivity index (χ0) is 25.6. The van der Waals surface area contributed by atoms with E-state index in [-0.39, 0.29) is 37.7 Å². The molecule has 0 fully saturated rings. The summed E-state index contributed by atoms with van der Waals surface area (Å²) in [7, 11) is -2.03. The van der Waals surface area contributed by atoms with Crippen LogP contribution < -0.4 is 9.62 Å². The highest BCUT2D eigenvalue weighted by Crippen LogP contribution is 2.25. The average Bonchev–Trinajstić information content (AvgIpc) is 2.77. The van der Waals surface area contributed by atoms with Crippen LogP contribution in [0.2, 0.25) is 10.0 Å². The highest BCUT2D eigenvalue weighted by Gasteiger charge is 2.26. The largest absolute Gasteiger partial charge is 0.357 e. The Labute approximate surface area is 212 Å². The summed E-state index contributed by atoms with van der Waals surface area (Å²) in [6.45, 7) is 5.83. The third-order valence-electron chi connectivity index (χ3n) is 5.68. The number of sulfonamides is 1. The van der Waals surface area contributed by atoms with E-state index in [9.17, 15) is 18.0 Å². The van der Waals surface area contributed by atoms with E-state index in [0.717, 1.165) is 22.9 Å². The number of carbonyl (C=O) groups is 2. The lowest BCUT2D eigenvalue weighted by atomic mass is 10.1. The fourth-order valence-electron chi connectivity index (χ4n) is 3.51. The lowest BCUT2D eigenvalue weighted by molar-refractivity contribution is -0.140. The van der Waals surface area contributed by atoms with Crippen LogP contribution in [0.3, 0.4) is 0 Å². The summed E-state index contributed by atoms with van der Waals surface area (Å²) in [5.74, 6) is -0.572. The number of hydrogen-bond acceptors (Lipinski definition) is 4. The van der Waals surface area contributed by atoms with E-state index in [4.69, 9.17) is 23.2 Å². The molecule has 2 amide bonds. The van der Waals surface area contributed by atoms with E-state index in [0.29, 0.717) is 15.7 Å². The summed E-state index contributed by atoms with van der Waals surface area (Å²) in [4.78, 5) is 26.9. The van der Waals surface area contributed by atoms with Crippen LogP contribution in [0, 0.1) is 13.8 Å². The number of likely N-dealkylation sites (N-methyl/N-ethyl adjacent to an activating group) is 1. The summed E-state index contributed by atoms with van der Waals surface area (Å²) < 4.78 is 26.2. The van der Waals surface area contributed by atoms with Gasteiger partial charge in [0, 0.05) is 26.6 Å². The van der Waals surface area contributed by atoms with Gasteiger partial charge in [0.15, 0.2) is 0 Å². The molecule has 0 spiro atoms. The second-order valence-corrected chi connectivity index (χ2v) is 11.0. The average molecular weight is 529 g/mol. The Hall–Kier alpha value is -2.29. The van der Waals surface area contributed by atoms with Crippen molar-refractivity contribution in [1.29, 1.82) is 0 Å². The Kier molecular flexibility index (Phi) is 9.79. The molecule has 0 aliphatic heterocycles. The molecule has 0 aliphatic carbocycles. The highest BCUT2D eigenvalue weighted by molar-refractivity contribution is 7.92. The standard InChI is InChI=1S/C24H31Cl2N3O4S/c1-16-8-10-20(13-17(16)2)29(34(5,32)33)12-6-7-23(30)28(18(3)24(31)27-4)15-19-9-11-21(25)22(26)14-19/h8-11,13-14,18H,6-7,12,15H2,1-5H3,(H,27,31)/t18-/m1/s1. The van der Waals surface area contributed by atoms with Gasteiger partial charge in [-0.05, 0) is 68.1 Å². The SMILES string of the molecule is CNC(=O)[C@@H](C)N(Cc1ccc(Cl)c(Cl)c1)C(=O)CCCN(c1ccc(C)c(C)c1)S(C)(=O)=O. The smallest absolute Gasteiger partial charge is 0.242 e. The monoisotopic (exact) mass is 527 g/mol. The van der Waals surface area contributed by atoms with E-state index in [1.165, 1.54) is 16.3 Å². The van der Waals surface area contributed by atoms with Crippen LogP contribution in [0.15, 0.2) is 36.4 Å². The summed E-state index contributed by atoms with van der Waals surface area (Å²) in [6.07, 6.45) is 1.50. The fraction of sp³-hybridized carbons (Fsp3) is 0.417. The van der Waals surface area contributed by atoms with E-state index < -0.39 is 16.1 Å². The van der Waals surface area contributed by atoms with Crippen molar-refractivity contribution >= 4 is 50.7 Å². The third kappa shape index (κ3) is 7.35. The Balaban J connectivity index is 2.18. The van der Waals surface area contributed by atoms with Crippen molar-refractivity contribution in [3.63, 3.8) is 0 Å². The van der Waals surface area contributed by atoms with E-state index in [1.807, 2.05) is 26.0 Å². The molecule has 1 atom stereocenters. The number of benzene rings is 2. The minimum atomic E-state index is -3.54. The van der Waals surface area contributed by atoms with Gasteiger partial charge in [0.25, 0.3) is 0 Å². The Bertz CT molecular complexity index is 1150. The first-order valence-electron chi connectivity index (χ1n) is 10.8. The van der Waals surface area contributed by atoms with E-state index >= 15 is 0 Å². The maximum atomic E-state index is 13.1. The molecule has 7 nitrogen and oxygen atoms in total. The maximum absolute atomic E-state index is 13.1. The van der Waals surface area contributed by atoms with Gasteiger partial charge in [-0.25, -0.2) is 8.42 Å². The van der Waals surface area contributed by atoms with Gasteiger partial charge in [0.05, 0.1) is 22.0 Å². The number of rotatable bonds is 10. The summed E-state index contributed by atoms with van der Waals surface area (Å²) in [5.41, 5.74) is 3.33. The molecule has 2 aromatic rings. The number of halogens is 2. The van der Waals surface area contributed by atoms with Crippen molar-refractivity contribution < 1.29 is 18.0 Å². The number of anilines is 1. The summed E-state index contributed by atoms with van der Waals surface area (Å²) in [5, 5.41) is 3.32. The molecule has 2 rings (SSSR count). The van der Waals surface area contributed by atoms with Crippen LogP contribution in [0.25, 0.3) is 0 Å². The molecular formula is C24H31Cl2N3O4S. The second kappa shape index (κ2) is 11.9. The molecule has 34 heavy (non-hydrogen) atoms. The molecule has 0 radical (unpaired) electrons.